The molecule has 5 nitrogen and oxygen atoms in total. The fourth-order valence-corrected chi connectivity index (χ4v) is 4.93. The Hall–Kier alpha value is -2.77. The van der Waals surface area contributed by atoms with Crippen LogP contribution in [0.15, 0.2) is 60.9 Å². The predicted octanol–water partition coefficient (Wildman–Crippen LogP) is 4.69. The quantitative estimate of drug-likeness (QED) is 0.588. The lowest BCUT2D eigenvalue weighted by molar-refractivity contribution is 0.0961. The largest absolute Gasteiger partial charge is 0.376 e. The van der Waals surface area contributed by atoms with E-state index in [1.54, 1.807) is 19.2 Å². The Morgan fingerprint density at radius 2 is 2.13 bits per heavy atom. The maximum absolute atomic E-state index is 14.0. The number of anilines is 1. The highest BCUT2D eigenvalue weighted by atomic mass is 32.1. The van der Waals surface area contributed by atoms with Gasteiger partial charge in [0.25, 0.3) is 0 Å². The Morgan fingerprint density at radius 3 is 2.87 bits per heavy atom. The zero-order valence-electron chi connectivity index (χ0n) is 17.4. The zero-order valence-corrected chi connectivity index (χ0v) is 18.2. The molecule has 0 radical (unpaired) electrons. The molecule has 0 saturated carbocycles. The zero-order chi connectivity index (χ0) is 21.4. The minimum Gasteiger partial charge on any atom is -0.376 e. The summed E-state index contributed by atoms with van der Waals surface area (Å²) in [5.74, 6) is -0.221. The second-order valence-corrected chi connectivity index (χ2v) is 8.54. The fraction of sp³-hybridized carbons (Fsp3) is 0.333. The molecule has 1 aromatic carbocycles. The number of nitrogens with zero attached hydrogens (tertiary/aromatic N) is 3. The minimum atomic E-state index is -0.221. The Labute approximate surface area is 186 Å². The van der Waals surface area contributed by atoms with Gasteiger partial charge in [-0.05, 0) is 80.0 Å². The van der Waals surface area contributed by atoms with Crippen LogP contribution in [-0.2, 0) is 11.3 Å². The van der Waals surface area contributed by atoms with Gasteiger partial charge in [0, 0.05) is 36.9 Å². The summed E-state index contributed by atoms with van der Waals surface area (Å²) in [6, 6.07) is 15.0. The van der Waals surface area contributed by atoms with Crippen LogP contribution in [0.2, 0.25) is 0 Å². The minimum absolute atomic E-state index is 0.122. The van der Waals surface area contributed by atoms with Crippen LogP contribution in [0.3, 0.4) is 0 Å². The Morgan fingerprint density at radius 1 is 1.23 bits per heavy atom. The van der Waals surface area contributed by atoms with Crippen molar-refractivity contribution in [1.82, 2.24) is 14.9 Å². The van der Waals surface area contributed by atoms with Crippen LogP contribution in [-0.4, -0.2) is 27.4 Å². The van der Waals surface area contributed by atoms with Crippen molar-refractivity contribution in [2.24, 2.45) is 0 Å². The fourth-order valence-electron chi connectivity index (χ4n) is 4.58. The van der Waals surface area contributed by atoms with Gasteiger partial charge in [-0.2, -0.15) is 0 Å². The highest BCUT2D eigenvalue weighted by Gasteiger charge is 2.42. The highest BCUT2D eigenvalue weighted by molar-refractivity contribution is 7.80. The lowest BCUT2D eigenvalue weighted by atomic mass is 10.0. The summed E-state index contributed by atoms with van der Waals surface area (Å²) in [6.07, 6.45) is 6.30. The summed E-state index contributed by atoms with van der Waals surface area (Å²) >= 11 is 5.77. The SMILES string of the molecule is Cc1cc(N2C(=S)N[C@@H](c3ccccn3)[C@H]2c2cccn2C[C@@H]2CCCO2)ccc1F. The Kier molecular flexibility index (Phi) is 5.46. The van der Waals surface area contributed by atoms with E-state index in [9.17, 15) is 4.39 Å². The number of aryl methyl sites for hydroxylation is 1. The van der Waals surface area contributed by atoms with Gasteiger partial charge in [-0.15, -0.1) is 0 Å². The first-order valence-electron chi connectivity index (χ1n) is 10.7. The van der Waals surface area contributed by atoms with Gasteiger partial charge in [-0.1, -0.05) is 6.07 Å². The molecular weight excluding hydrogens is 411 g/mol. The molecule has 5 rings (SSSR count). The number of halogens is 1. The molecule has 4 heterocycles. The van der Waals surface area contributed by atoms with Crippen LogP contribution in [0.25, 0.3) is 0 Å². The molecule has 2 aliphatic heterocycles. The van der Waals surface area contributed by atoms with Crippen LogP contribution in [0.1, 0.15) is 41.9 Å². The molecule has 0 spiro atoms. The van der Waals surface area contributed by atoms with Gasteiger partial charge in [0.05, 0.1) is 17.8 Å². The smallest absolute Gasteiger partial charge is 0.174 e. The van der Waals surface area contributed by atoms with Gasteiger partial charge in [0.2, 0.25) is 0 Å². The first kappa shape index (κ1) is 20.2. The van der Waals surface area contributed by atoms with Crippen LogP contribution < -0.4 is 10.2 Å². The maximum Gasteiger partial charge on any atom is 0.174 e. The topological polar surface area (TPSA) is 42.3 Å². The highest BCUT2D eigenvalue weighted by Crippen LogP contribution is 2.42. The van der Waals surface area contributed by atoms with Crippen molar-refractivity contribution in [1.29, 1.82) is 0 Å². The van der Waals surface area contributed by atoms with Crippen LogP contribution in [0.5, 0.6) is 0 Å². The maximum atomic E-state index is 14.0. The third-order valence-electron chi connectivity index (χ3n) is 6.11. The number of aromatic nitrogens is 2. The molecule has 2 aromatic heterocycles. The van der Waals surface area contributed by atoms with E-state index in [0.717, 1.165) is 43.1 Å². The lowest BCUT2D eigenvalue weighted by Gasteiger charge is -2.29. The standard InChI is InChI=1S/C24H25FN4OS/c1-16-14-17(9-10-19(16)25)29-23(22(27-24(29)31)20-7-2-3-11-26-20)21-8-4-12-28(21)15-18-6-5-13-30-18/h2-4,7-12,14,18,22-23H,5-6,13,15H2,1H3,(H,27,31)/t18-,22-,23+/m0/s1. The van der Waals surface area contributed by atoms with Crippen LogP contribution in [0.4, 0.5) is 10.1 Å². The third kappa shape index (κ3) is 3.83. The summed E-state index contributed by atoms with van der Waals surface area (Å²) in [5.41, 5.74) is 3.50. The molecule has 0 unspecified atom stereocenters. The third-order valence-corrected chi connectivity index (χ3v) is 6.42. The monoisotopic (exact) mass is 436 g/mol. The summed E-state index contributed by atoms with van der Waals surface area (Å²) in [6.45, 7) is 3.40. The Balaban J connectivity index is 1.58. The molecule has 2 aliphatic rings. The first-order valence-corrected chi connectivity index (χ1v) is 11.1. The number of rotatable bonds is 5. The van der Waals surface area contributed by atoms with E-state index < -0.39 is 0 Å². The average molecular weight is 437 g/mol. The summed E-state index contributed by atoms with van der Waals surface area (Å²) in [7, 11) is 0. The molecule has 1 N–H and O–H groups in total. The first-order chi connectivity index (χ1) is 15.1. The Bertz CT molecular complexity index is 1080. The molecule has 0 amide bonds. The molecule has 160 valence electrons. The van der Waals surface area contributed by atoms with Gasteiger partial charge in [-0.25, -0.2) is 4.39 Å². The van der Waals surface area contributed by atoms with Crippen molar-refractivity contribution in [3.8, 4) is 0 Å². The molecule has 2 fully saturated rings. The molecule has 3 aromatic rings. The van der Waals surface area contributed by atoms with E-state index in [4.69, 9.17) is 17.0 Å². The predicted molar refractivity (Wildman–Crippen MR) is 122 cm³/mol. The van der Waals surface area contributed by atoms with Gasteiger partial charge < -0.3 is 19.5 Å². The number of pyridine rings is 1. The molecule has 2 saturated heterocycles. The van der Waals surface area contributed by atoms with E-state index in [1.165, 1.54) is 6.07 Å². The normalized spacial score (nSPS) is 23.4. The number of hydrogen-bond acceptors (Lipinski definition) is 3. The van der Waals surface area contributed by atoms with Crippen molar-refractivity contribution >= 4 is 23.0 Å². The summed E-state index contributed by atoms with van der Waals surface area (Å²) in [5, 5.41) is 4.08. The molecule has 3 atom stereocenters. The molecular formula is C24H25FN4OS. The van der Waals surface area contributed by atoms with Crippen molar-refractivity contribution < 1.29 is 9.13 Å². The summed E-state index contributed by atoms with van der Waals surface area (Å²) < 4.78 is 22.1. The van der Waals surface area contributed by atoms with Crippen molar-refractivity contribution in [2.45, 2.75) is 44.5 Å². The second-order valence-electron chi connectivity index (χ2n) is 8.15. The van der Waals surface area contributed by atoms with E-state index in [0.29, 0.717) is 10.7 Å². The van der Waals surface area contributed by atoms with Gasteiger partial charge in [0.15, 0.2) is 5.11 Å². The summed E-state index contributed by atoms with van der Waals surface area (Å²) in [4.78, 5) is 6.69. The molecule has 31 heavy (non-hydrogen) atoms. The van der Waals surface area contributed by atoms with Gasteiger partial charge >= 0.3 is 0 Å². The molecule has 0 aliphatic carbocycles. The number of ether oxygens (including phenoxy) is 1. The van der Waals surface area contributed by atoms with Crippen LogP contribution >= 0.6 is 12.2 Å². The van der Waals surface area contributed by atoms with Crippen molar-refractivity contribution in [2.75, 3.05) is 11.5 Å². The van der Waals surface area contributed by atoms with Gasteiger partial charge in [-0.3, -0.25) is 4.98 Å². The van der Waals surface area contributed by atoms with Crippen molar-refractivity contribution in [3.63, 3.8) is 0 Å². The lowest BCUT2D eigenvalue weighted by Crippen LogP contribution is -2.31. The van der Waals surface area contributed by atoms with Crippen molar-refractivity contribution in [3.05, 3.63) is 83.7 Å². The van der Waals surface area contributed by atoms with E-state index in [2.05, 4.69) is 38.1 Å². The van der Waals surface area contributed by atoms with Gasteiger partial charge in [0.1, 0.15) is 11.9 Å². The number of hydrogen-bond donors (Lipinski definition) is 1. The van der Waals surface area contributed by atoms with E-state index in [1.807, 2.05) is 24.3 Å². The average Bonchev–Trinajstić information content (AvgIpc) is 3.52. The molecule has 7 heteroatoms. The number of nitrogens with one attached hydrogen (secondary N) is 1. The van der Waals surface area contributed by atoms with E-state index in [-0.39, 0.29) is 24.0 Å². The van der Waals surface area contributed by atoms with Crippen LogP contribution in [0, 0.1) is 12.7 Å². The number of benzene rings is 1. The van der Waals surface area contributed by atoms with E-state index >= 15 is 0 Å². The molecule has 0 bridgehead atoms. The second kappa shape index (κ2) is 8.40. The number of thiocarbonyl (C=S) groups is 1.